The van der Waals surface area contributed by atoms with E-state index in [1.54, 1.807) is 43.3 Å². The van der Waals surface area contributed by atoms with Gasteiger partial charge in [0.2, 0.25) is 0 Å². The van der Waals surface area contributed by atoms with Crippen LogP contribution in [-0.4, -0.2) is 53.8 Å². The maximum absolute atomic E-state index is 13.1. The quantitative estimate of drug-likeness (QED) is 0.263. The van der Waals surface area contributed by atoms with Gasteiger partial charge in [-0.1, -0.05) is 29.8 Å². The molecule has 36 heavy (non-hydrogen) atoms. The summed E-state index contributed by atoms with van der Waals surface area (Å²) in [6.07, 6.45) is 0.684. The number of likely N-dealkylation sites (tertiary alicyclic amines) is 1. The summed E-state index contributed by atoms with van der Waals surface area (Å²) in [5.74, 6) is 0.182. The maximum atomic E-state index is 13.1. The number of benzene rings is 2. The molecule has 188 valence electrons. The van der Waals surface area contributed by atoms with Crippen LogP contribution in [0.5, 0.6) is 5.75 Å². The summed E-state index contributed by atoms with van der Waals surface area (Å²) in [7, 11) is 3.91. The molecule has 1 fully saturated rings. The van der Waals surface area contributed by atoms with Crippen LogP contribution < -0.4 is 4.74 Å². The van der Waals surface area contributed by atoms with Gasteiger partial charge in [-0.3, -0.25) is 9.59 Å². The number of hydrogen-bond acceptors (Lipinski definition) is 6. The van der Waals surface area contributed by atoms with E-state index in [0.717, 1.165) is 17.7 Å². The molecule has 1 atom stereocenters. The second kappa shape index (κ2) is 10.8. The first kappa shape index (κ1) is 25.3. The summed E-state index contributed by atoms with van der Waals surface area (Å²) in [5.41, 5.74) is 2.69. The molecule has 1 saturated heterocycles. The number of amides is 1. The average Bonchev–Trinajstić information content (AvgIpc) is 3.38. The zero-order valence-corrected chi connectivity index (χ0v) is 21.2. The van der Waals surface area contributed by atoms with E-state index in [2.05, 4.69) is 6.07 Å². The third-order valence-electron chi connectivity index (χ3n) is 6.19. The Morgan fingerprint density at radius 3 is 2.44 bits per heavy atom. The molecule has 1 amide bonds. The topological polar surface area (TPSA) is 83.2 Å². The minimum Gasteiger partial charge on any atom is -0.507 e. The molecular weight excluding hydrogens is 456 g/mol. The monoisotopic (exact) mass is 488 g/mol. The van der Waals surface area contributed by atoms with E-state index < -0.39 is 17.7 Å². The second-order valence-electron chi connectivity index (χ2n) is 9.40. The lowest BCUT2D eigenvalue weighted by Crippen LogP contribution is -2.32. The number of furan rings is 1. The van der Waals surface area contributed by atoms with E-state index in [1.165, 1.54) is 4.90 Å². The molecule has 2 heterocycles. The van der Waals surface area contributed by atoms with Crippen LogP contribution in [0.25, 0.3) is 5.76 Å². The third-order valence-corrected chi connectivity index (χ3v) is 6.19. The summed E-state index contributed by atoms with van der Waals surface area (Å²) in [6, 6.07) is 17.7. The van der Waals surface area contributed by atoms with Gasteiger partial charge in [-0.2, -0.15) is 0 Å². The Bertz CT molecular complexity index is 1270. The summed E-state index contributed by atoms with van der Waals surface area (Å²) in [4.78, 5) is 29.6. The molecule has 0 saturated carbocycles. The fraction of sp³-hybridized carbons (Fsp3) is 0.310. The zero-order chi connectivity index (χ0) is 25.8. The SMILES string of the molecule is Cc1cccc(COc2ccc(C(O)=C3C(=O)C(=O)N(CCCN(C)C)[C@H]3c3ccc(C)o3)cc2)c1. The number of ketones is 1. The van der Waals surface area contributed by atoms with E-state index >= 15 is 0 Å². The van der Waals surface area contributed by atoms with Crippen molar-refractivity contribution in [1.29, 1.82) is 0 Å². The van der Waals surface area contributed by atoms with Crippen LogP contribution in [-0.2, 0) is 16.2 Å². The Labute approximate surface area is 211 Å². The van der Waals surface area contributed by atoms with Gasteiger partial charge in [0.1, 0.15) is 35.7 Å². The average molecular weight is 489 g/mol. The molecule has 7 heteroatoms. The summed E-state index contributed by atoms with van der Waals surface area (Å²) >= 11 is 0. The molecule has 0 unspecified atom stereocenters. The molecule has 2 aromatic carbocycles. The van der Waals surface area contributed by atoms with Crippen molar-refractivity contribution in [3.8, 4) is 5.75 Å². The van der Waals surface area contributed by atoms with E-state index in [1.807, 2.05) is 44.1 Å². The van der Waals surface area contributed by atoms with Crippen molar-refractivity contribution in [3.63, 3.8) is 0 Å². The number of carbonyl (C=O) groups is 2. The van der Waals surface area contributed by atoms with Crippen molar-refractivity contribution in [2.24, 2.45) is 0 Å². The highest BCUT2D eigenvalue weighted by Crippen LogP contribution is 2.40. The van der Waals surface area contributed by atoms with Gasteiger partial charge in [0.25, 0.3) is 11.7 Å². The van der Waals surface area contributed by atoms with Crippen LogP contribution in [0, 0.1) is 13.8 Å². The highest BCUT2D eigenvalue weighted by molar-refractivity contribution is 6.46. The zero-order valence-electron chi connectivity index (χ0n) is 21.2. The van der Waals surface area contributed by atoms with Crippen molar-refractivity contribution >= 4 is 17.4 Å². The standard InChI is InChI=1S/C29H32N2O5/c1-19-7-5-8-21(17-19)18-35-23-12-10-22(11-13-23)27(32)25-26(24-14-9-20(2)36-24)31(29(34)28(25)33)16-6-15-30(3)4/h5,7-14,17,26,32H,6,15-16,18H2,1-4H3/t26-/m0/s1. The van der Waals surface area contributed by atoms with Gasteiger partial charge in [-0.15, -0.1) is 0 Å². The Kier molecular flexibility index (Phi) is 7.60. The normalized spacial score (nSPS) is 17.2. The largest absolute Gasteiger partial charge is 0.507 e. The molecule has 1 aliphatic rings. The molecule has 0 bridgehead atoms. The molecule has 1 aromatic heterocycles. The van der Waals surface area contributed by atoms with Crippen molar-refractivity contribution in [3.05, 3.63) is 94.4 Å². The summed E-state index contributed by atoms with van der Waals surface area (Å²) in [5, 5.41) is 11.2. The fourth-order valence-corrected chi connectivity index (χ4v) is 4.40. The lowest BCUT2D eigenvalue weighted by Gasteiger charge is -2.24. The highest BCUT2D eigenvalue weighted by atomic mass is 16.5. The predicted octanol–water partition coefficient (Wildman–Crippen LogP) is 4.85. The van der Waals surface area contributed by atoms with Gasteiger partial charge >= 0.3 is 0 Å². The van der Waals surface area contributed by atoms with Crippen LogP contribution in [0.4, 0.5) is 0 Å². The summed E-state index contributed by atoms with van der Waals surface area (Å²) < 4.78 is 11.7. The molecular formula is C29H32N2O5. The fourth-order valence-electron chi connectivity index (χ4n) is 4.40. The van der Waals surface area contributed by atoms with E-state index in [-0.39, 0.29) is 11.3 Å². The Balaban J connectivity index is 1.60. The third kappa shape index (κ3) is 5.52. The van der Waals surface area contributed by atoms with E-state index in [0.29, 0.717) is 42.4 Å². The van der Waals surface area contributed by atoms with Gasteiger partial charge in [-0.05, 0) is 82.9 Å². The molecule has 7 nitrogen and oxygen atoms in total. The molecule has 1 aliphatic heterocycles. The predicted molar refractivity (Wildman–Crippen MR) is 138 cm³/mol. The smallest absolute Gasteiger partial charge is 0.295 e. The minimum atomic E-state index is -0.780. The number of nitrogens with zero attached hydrogens (tertiary/aromatic N) is 2. The van der Waals surface area contributed by atoms with Gasteiger partial charge < -0.3 is 24.1 Å². The van der Waals surface area contributed by atoms with Crippen molar-refractivity contribution in [1.82, 2.24) is 9.80 Å². The van der Waals surface area contributed by atoms with Crippen LogP contribution in [0.2, 0.25) is 0 Å². The Morgan fingerprint density at radius 2 is 1.81 bits per heavy atom. The van der Waals surface area contributed by atoms with Crippen molar-refractivity contribution < 1.29 is 23.8 Å². The number of Topliss-reactive ketones (excluding diaryl/α,β-unsaturated/α-hetero) is 1. The van der Waals surface area contributed by atoms with Crippen LogP contribution >= 0.6 is 0 Å². The Hall–Kier alpha value is -3.84. The van der Waals surface area contributed by atoms with Gasteiger partial charge in [0.15, 0.2) is 0 Å². The maximum Gasteiger partial charge on any atom is 0.295 e. The second-order valence-corrected chi connectivity index (χ2v) is 9.40. The number of rotatable bonds is 9. The lowest BCUT2D eigenvalue weighted by molar-refractivity contribution is -0.140. The van der Waals surface area contributed by atoms with Crippen LogP contribution in [0.1, 0.15) is 40.7 Å². The molecule has 3 aromatic rings. The Morgan fingerprint density at radius 1 is 1.06 bits per heavy atom. The number of aliphatic hydroxyl groups is 1. The first-order valence-corrected chi connectivity index (χ1v) is 12.0. The number of ether oxygens (including phenoxy) is 1. The number of hydrogen-bond donors (Lipinski definition) is 1. The summed E-state index contributed by atoms with van der Waals surface area (Å²) in [6.45, 7) is 5.39. The first-order chi connectivity index (χ1) is 17.2. The van der Waals surface area contributed by atoms with Crippen molar-refractivity contribution in [2.75, 3.05) is 27.2 Å². The minimum absolute atomic E-state index is 0.0348. The van der Waals surface area contributed by atoms with Crippen LogP contribution in [0.3, 0.4) is 0 Å². The molecule has 0 aliphatic carbocycles. The molecule has 4 rings (SSSR count). The lowest BCUT2D eigenvalue weighted by atomic mass is 9.99. The molecule has 1 N–H and O–H groups in total. The number of carbonyl (C=O) groups excluding carboxylic acids is 2. The van der Waals surface area contributed by atoms with Gasteiger partial charge in [-0.25, -0.2) is 0 Å². The molecule has 0 radical (unpaired) electrons. The van der Waals surface area contributed by atoms with Crippen molar-refractivity contribution in [2.45, 2.75) is 32.9 Å². The highest BCUT2D eigenvalue weighted by Gasteiger charge is 2.47. The van der Waals surface area contributed by atoms with Gasteiger partial charge in [0, 0.05) is 12.1 Å². The van der Waals surface area contributed by atoms with E-state index in [9.17, 15) is 14.7 Å². The first-order valence-electron chi connectivity index (χ1n) is 12.0. The van der Waals surface area contributed by atoms with Gasteiger partial charge in [0.05, 0.1) is 5.57 Å². The van der Waals surface area contributed by atoms with Crippen LogP contribution in [0.15, 0.2) is 70.7 Å². The number of aryl methyl sites for hydroxylation is 2. The molecule has 0 spiro atoms. The van der Waals surface area contributed by atoms with E-state index in [4.69, 9.17) is 9.15 Å². The number of aliphatic hydroxyl groups excluding tert-OH is 1.